The molecule has 0 atom stereocenters. The van der Waals surface area contributed by atoms with E-state index in [0.717, 1.165) is 55.4 Å². The summed E-state index contributed by atoms with van der Waals surface area (Å²) in [6.07, 6.45) is 0. The van der Waals surface area contributed by atoms with E-state index in [-0.39, 0.29) is 0 Å². The molecule has 0 amide bonds. The zero-order valence-electron chi connectivity index (χ0n) is 14.5. The maximum atomic E-state index is 4.56. The summed E-state index contributed by atoms with van der Waals surface area (Å²) in [7, 11) is 0. The van der Waals surface area contributed by atoms with Crippen molar-refractivity contribution in [1.29, 1.82) is 0 Å². The van der Waals surface area contributed by atoms with E-state index in [1.807, 2.05) is 36.4 Å². The van der Waals surface area contributed by atoms with Gasteiger partial charge in [0.2, 0.25) is 11.6 Å². The van der Waals surface area contributed by atoms with Gasteiger partial charge in [0.1, 0.15) is 0 Å². The molecule has 0 saturated carbocycles. The number of benzene rings is 2. The van der Waals surface area contributed by atoms with E-state index < -0.39 is 0 Å². The van der Waals surface area contributed by atoms with Crippen molar-refractivity contribution in [2.24, 2.45) is 0 Å². The molecular weight excluding hydrogens is 392 g/mol. The molecule has 2 N–H and O–H groups in total. The third kappa shape index (κ3) is 2.41. The van der Waals surface area contributed by atoms with E-state index in [1.54, 1.807) is 23.5 Å². The Morgan fingerprint density at radius 3 is 1.64 bits per heavy atom. The molecule has 8 nitrogen and oxygen atoms in total. The van der Waals surface area contributed by atoms with Crippen molar-refractivity contribution < 1.29 is 0 Å². The number of thioether (sulfide) groups is 2. The van der Waals surface area contributed by atoms with E-state index in [1.165, 1.54) is 0 Å². The summed E-state index contributed by atoms with van der Waals surface area (Å²) >= 11 is 3.41. The molecule has 6 aromatic rings. The number of hydrogen-bond donors (Lipinski definition) is 2. The van der Waals surface area contributed by atoms with Gasteiger partial charge in [0.05, 0.1) is 22.1 Å². The fourth-order valence-electron chi connectivity index (χ4n) is 3.34. The Labute approximate surface area is 166 Å². The van der Waals surface area contributed by atoms with Gasteiger partial charge >= 0.3 is 0 Å². The number of rotatable bonds is 5. The van der Waals surface area contributed by atoms with Crippen LogP contribution in [0.3, 0.4) is 0 Å². The monoisotopic (exact) mass is 406 g/mol. The molecule has 0 fully saturated rings. The molecule has 4 aromatic heterocycles. The van der Waals surface area contributed by atoms with E-state index in [2.05, 4.69) is 51.3 Å². The Balaban J connectivity index is 1.21. The summed E-state index contributed by atoms with van der Waals surface area (Å²) in [5.41, 5.74) is 4.08. The lowest BCUT2D eigenvalue weighted by Crippen LogP contribution is -1.92. The van der Waals surface area contributed by atoms with Crippen LogP contribution in [0.25, 0.3) is 33.6 Å². The Kier molecular flexibility index (Phi) is 3.59. The second-order valence-corrected chi connectivity index (χ2v) is 8.35. The van der Waals surface area contributed by atoms with Crippen LogP contribution in [0.15, 0.2) is 58.8 Å². The van der Waals surface area contributed by atoms with Crippen molar-refractivity contribution in [3.8, 4) is 0 Å². The largest absolute Gasteiger partial charge is 0.254 e. The first kappa shape index (κ1) is 16.0. The zero-order valence-corrected chi connectivity index (χ0v) is 16.2. The van der Waals surface area contributed by atoms with Gasteiger partial charge < -0.3 is 0 Å². The second-order valence-electron chi connectivity index (χ2n) is 6.23. The highest BCUT2D eigenvalue weighted by Crippen LogP contribution is 2.26. The van der Waals surface area contributed by atoms with Crippen LogP contribution in [0.4, 0.5) is 0 Å². The lowest BCUT2D eigenvalue weighted by molar-refractivity contribution is 0.938. The Bertz CT molecular complexity index is 1330. The van der Waals surface area contributed by atoms with Crippen LogP contribution in [0.1, 0.15) is 0 Å². The number of nitrogens with one attached hydrogen (secondary N) is 2. The highest BCUT2D eigenvalue weighted by molar-refractivity contribution is 8.02. The van der Waals surface area contributed by atoms with E-state index in [9.17, 15) is 0 Å². The highest BCUT2D eigenvalue weighted by Gasteiger charge is 2.14. The molecule has 4 heterocycles. The molecule has 0 saturated heterocycles. The number of para-hydroxylation sites is 4. The van der Waals surface area contributed by atoms with Gasteiger partial charge in [-0.25, -0.2) is 20.2 Å². The van der Waals surface area contributed by atoms with Crippen molar-refractivity contribution in [2.75, 3.05) is 11.5 Å². The van der Waals surface area contributed by atoms with E-state index in [0.29, 0.717) is 0 Å². The summed E-state index contributed by atoms with van der Waals surface area (Å²) < 4.78 is 4.14. The number of hydrogen-bond acceptors (Lipinski definition) is 6. The first-order valence-electron chi connectivity index (χ1n) is 8.77. The quantitative estimate of drug-likeness (QED) is 0.336. The molecule has 0 spiro atoms. The fraction of sp³-hybridized carbons (Fsp3) is 0.111. The van der Waals surface area contributed by atoms with E-state index >= 15 is 0 Å². The van der Waals surface area contributed by atoms with Gasteiger partial charge in [0, 0.05) is 11.5 Å². The lowest BCUT2D eigenvalue weighted by Gasteiger charge is -2.00. The molecule has 28 heavy (non-hydrogen) atoms. The summed E-state index contributed by atoms with van der Waals surface area (Å²) in [6, 6.07) is 16.2. The van der Waals surface area contributed by atoms with Gasteiger partial charge in [-0.3, -0.25) is 8.80 Å². The van der Waals surface area contributed by atoms with Crippen molar-refractivity contribution >= 4 is 57.1 Å². The van der Waals surface area contributed by atoms with Crippen LogP contribution in [0.2, 0.25) is 0 Å². The number of H-pyrrole nitrogens is 2. The van der Waals surface area contributed by atoms with Crippen LogP contribution in [0.5, 0.6) is 0 Å². The molecule has 10 heteroatoms. The molecule has 0 bridgehead atoms. The molecule has 0 unspecified atom stereocenters. The average Bonchev–Trinajstić information content (AvgIpc) is 3.46. The van der Waals surface area contributed by atoms with Crippen LogP contribution in [-0.4, -0.2) is 50.7 Å². The smallest absolute Gasteiger partial charge is 0.231 e. The van der Waals surface area contributed by atoms with Crippen molar-refractivity contribution in [3.63, 3.8) is 0 Å². The van der Waals surface area contributed by atoms with Gasteiger partial charge in [0.25, 0.3) is 0 Å². The first-order chi connectivity index (χ1) is 13.9. The van der Waals surface area contributed by atoms with Crippen molar-refractivity contribution in [1.82, 2.24) is 39.2 Å². The standard InChI is InChI=1S/C18H14N8S2/c1-3-7-13-11(5-1)19-15-21-23-17(25(13)15)27-9-10-28-18-24-22-16-20-12-6-2-4-8-14(12)26(16)18/h1-8H,9-10H2,(H,19,21)(H,20,22). The van der Waals surface area contributed by atoms with Gasteiger partial charge in [0.15, 0.2) is 10.3 Å². The number of imidazole rings is 2. The minimum atomic E-state index is 0.773. The number of nitrogens with zero attached hydrogens (tertiary/aromatic N) is 6. The Morgan fingerprint density at radius 1 is 0.679 bits per heavy atom. The molecule has 6 rings (SSSR count). The molecule has 0 aliphatic carbocycles. The first-order valence-corrected chi connectivity index (χ1v) is 10.7. The minimum absolute atomic E-state index is 0.773. The average molecular weight is 407 g/mol. The Morgan fingerprint density at radius 2 is 1.14 bits per heavy atom. The maximum absolute atomic E-state index is 4.56. The second kappa shape index (κ2) is 6.28. The lowest BCUT2D eigenvalue weighted by atomic mass is 10.3. The van der Waals surface area contributed by atoms with Crippen LogP contribution < -0.4 is 0 Å². The number of aromatic nitrogens is 8. The van der Waals surface area contributed by atoms with Gasteiger partial charge in [-0.1, -0.05) is 47.8 Å². The summed E-state index contributed by atoms with van der Waals surface area (Å²) in [5, 5.41) is 16.7. The number of fused-ring (bicyclic) bond motifs is 6. The third-order valence-corrected chi connectivity index (χ3v) is 6.69. The molecule has 138 valence electrons. The van der Waals surface area contributed by atoms with Crippen LogP contribution >= 0.6 is 23.5 Å². The molecular formula is C18H14N8S2. The van der Waals surface area contributed by atoms with Crippen LogP contribution in [-0.2, 0) is 0 Å². The zero-order chi connectivity index (χ0) is 18.5. The van der Waals surface area contributed by atoms with Crippen molar-refractivity contribution in [3.05, 3.63) is 48.5 Å². The summed E-state index contributed by atoms with van der Waals surface area (Å²) in [6.45, 7) is 0. The van der Waals surface area contributed by atoms with Gasteiger partial charge in [-0.15, -0.1) is 10.2 Å². The topological polar surface area (TPSA) is 92.0 Å². The molecule has 0 radical (unpaired) electrons. The molecule has 2 aromatic carbocycles. The molecule has 0 aliphatic heterocycles. The van der Waals surface area contributed by atoms with Gasteiger partial charge in [-0.05, 0) is 24.3 Å². The Hall–Kier alpha value is -2.98. The fourth-order valence-corrected chi connectivity index (χ4v) is 5.22. The third-order valence-electron chi connectivity index (χ3n) is 4.55. The normalized spacial score (nSPS) is 12.1. The summed E-state index contributed by atoms with van der Waals surface area (Å²) in [4.78, 5) is 9.13. The molecule has 0 aliphatic rings. The SMILES string of the molecule is c1ccc2c(c1)nc1[nH]nc(SCCSc3n[nH]c4nc5ccccc5n34)n12. The minimum Gasteiger partial charge on any atom is -0.254 e. The van der Waals surface area contributed by atoms with Gasteiger partial charge in [-0.2, -0.15) is 0 Å². The van der Waals surface area contributed by atoms with Crippen molar-refractivity contribution in [2.45, 2.75) is 10.3 Å². The summed E-state index contributed by atoms with van der Waals surface area (Å²) in [5.74, 6) is 3.35. The van der Waals surface area contributed by atoms with E-state index in [4.69, 9.17) is 0 Å². The number of aromatic amines is 2. The predicted octanol–water partition coefficient (Wildman–Crippen LogP) is 3.62. The van der Waals surface area contributed by atoms with Crippen LogP contribution in [0, 0.1) is 0 Å². The highest BCUT2D eigenvalue weighted by atomic mass is 32.2. The maximum Gasteiger partial charge on any atom is 0.231 e. The predicted molar refractivity (Wildman–Crippen MR) is 111 cm³/mol.